The van der Waals surface area contributed by atoms with E-state index in [0.717, 1.165) is 26.1 Å². The van der Waals surface area contributed by atoms with Crippen molar-refractivity contribution in [3.8, 4) is 0 Å². The molecule has 1 aliphatic heterocycles. The molecule has 0 spiro atoms. The first-order chi connectivity index (χ1) is 6.88. The molecule has 1 fully saturated rings. The first-order valence-corrected chi connectivity index (χ1v) is 5.22. The Labute approximate surface area is 84.3 Å². The van der Waals surface area contributed by atoms with E-state index in [9.17, 15) is 0 Å². The molecule has 1 aromatic rings. The second-order valence-corrected chi connectivity index (χ2v) is 3.63. The van der Waals surface area contributed by atoms with Crippen molar-refractivity contribution in [1.82, 2.24) is 15.1 Å². The molecular weight excluding hydrogens is 178 g/mol. The summed E-state index contributed by atoms with van der Waals surface area (Å²) in [6, 6.07) is 0. The van der Waals surface area contributed by atoms with Crippen LogP contribution in [0.15, 0.2) is 12.4 Å². The van der Waals surface area contributed by atoms with Crippen LogP contribution in [0.1, 0.15) is 18.9 Å². The van der Waals surface area contributed by atoms with Gasteiger partial charge in [-0.05, 0) is 19.9 Å². The van der Waals surface area contributed by atoms with Gasteiger partial charge < -0.3 is 10.1 Å². The maximum Gasteiger partial charge on any atom is 0.0751 e. The highest BCUT2D eigenvalue weighted by atomic mass is 16.5. The summed E-state index contributed by atoms with van der Waals surface area (Å²) in [5.41, 5.74) is 1.17. The molecule has 0 amide bonds. The number of nitrogens with one attached hydrogen (secondary N) is 1. The Morgan fingerprint density at radius 3 is 3.29 bits per heavy atom. The van der Waals surface area contributed by atoms with Crippen molar-refractivity contribution >= 4 is 0 Å². The number of ether oxygens (including phenoxy) is 1. The van der Waals surface area contributed by atoms with Crippen LogP contribution >= 0.6 is 0 Å². The molecule has 0 radical (unpaired) electrons. The summed E-state index contributed by atoms with van der Waals surface area (Å²) < 4.78 is 7.65. The minimum Gasteiger partial charge on any atom is -0.372 e. The molecule has 78 valence electrons. The standard InChI is InChI=1S/C10H17N3O/c1-2-13-7-9(5-12-13)8-14-10-3-4-11-6-10/h5,7,10-11H,2-4,6,8H2,1H3. The van der Waals surface area contributed by atoms with Crippen LogP contribution in [-0.4, -0.2) is 29.0 Å². The minimum absolute atomic E-state index is 0.389. The smallest absolute Gasteiger partial charge is 0.0751 e. The molecule has 1 unspecified atom stereocenters. The molecule has 1 N–H and O–H groups in total. The van der Waals surface area contributed by atoms with Crippen molar-refractivity contribution in [2.45, 2.75) is 32.6 Å². The zero-order valence-electron chi connectivity index (χ0n) is 8.57. The maximum atomic E-state index is 5.73. The van der Waals surface area contributed by atoms with Gasteiger partial charge in [0.25, 0.3) is 0 Å². The van der Waals surface area contributed by atoms with Crippen LogP contribution in [0.3, 0.4) is 0 Å². The molecule has 0 saturated carbocycles. The molecule has 4 heteroatoms. The summed E-state index contributed by atoms with van der Waals surface area (Å²) in [6.07, 6.45) is 5.44. The first-order valence-electron chi connectivity index (χ1n) is 5.22. The van der Waals surface area contributed by atoms with Gasteiger partial charge in [-0.25, -0.2) is 0 Å². The van der Waals surface area contributed by atoms with E-state index in [4.69, 9.17) is 4.74 Å². The van der Waals surface area contributed by atoms with Gasteiger partial charge in [0, 0.05) is 24.8 Å². The fourth-order valence-electron chi connectivity index (χ4n) is 1.64. The Balaban J connectivity index is 1.79. The van der Waals surface area contributed by atoms with Crippen LogP contribution in [0.2, 0.25) is 0 Å². The zero-order chi connectivity index (χ0) is 9.80. The third-order valence-electron chi connectivity index (χ3n) is 2.51. The van der Waals surface area contributed by atoms with E-state index in [0.29, 0.717) is 12.7 Å². The molecule has 2 heterocycles. The molecule has 1 atom stereocenters. The van der Waals surface area contributed by atoms with Crippen LogP contribution in [0, 0.1) is 0 Å². The average molecular weight is 195 g/mol. The van der Waals surface area contributed by atoms with Crippen LogP contribution in [-0.2, 0) is 17.9 Å². The summed E-state index contributed by atoms with van der Waals surface area (Å²) in [6.45, 7) is 5.76. The second-order valence-electron chi connectivity index (χ2n) is 3.63. The summed E-state index contributed by atoms with van der Waals surface area (Å²) in [5.74, 6) is 0. The Kier molecular flexibility index (Phi) is 3.16. The van der Waals surface area contributed by atoms with Gasteiger partial charge in [0.2, 0.25) is 0 Å². The lowest BCUT2D eigenvalue weighted by Gasteiger charge is -2.08. The van der Waals surface area contributed by atoms with Crippen LogP contribution in [0.4, 0.5) is 0 Å². The molecule has 0 aromatic carbocycles. The van der Waals surface area contributed by atoms with E-state index in [1.54, 1.807) is 0 Å². The van der Waals surface area contributed by atoms with Crippen LogP contribution in [0.5, 0.6) is 0 Å². The Bertz CT molecular complexity index is 279. The molecule has 1 aromatic heterocycles. The minimum atomic E-state index is 0.389. The number of hydrogen-bond donors (Lipinski definition) is 1. The van der Waals surface area contributed by atoms with E-state index in [1.807, 2.05) is 17.1 Å². The monoisotopic (exact) mass is 195 g/mol. The average Bonchev–Trinajstić information content (AvgIpc) is 2.86. The fourth-order valence-corrected chi connectivity index (χ4v) is 1.64. The molecule has 0 aliphatic carbocycles. The Hall–Kier alpha value is -0.870. The molecule has 1 aliphatic rings. The zero-order valence-corrected chi connectivity index (χ0v) is 8.57. The Morgan fingerprint density at radius 1 is 1.71 bits per heavy atom. The molecule has 1 saturated heterocycles. The normalized spacial score (nSPS) is 21.6. The predicted octanol–water partition coefficient (Wildman–Crippen LogP) is 0.781. The number of rotatable bonds is 4. The van der Waals surface area contributed by atoms with Crippen molar-refractivity contribution in [2.75, 3.05) is 13.1 Å². The highest BCUT2D eigenvalue weighted by molar-refractivity contribution is 5.01. The van der Waals surface area contributed by atoms with Gasteiger partial charge in [0.15, 0.2) is 0 Å². The lowest BCUT2D eigenvalue weighted by atomic mass is 10.3. The van der Waals surface area contributed by atoms with Gasteiger partial charge >= 0.3 is 0 Å². The second kappa shape index (κ2) is 4.57. The number of aryl methyl sites for hydroxylation is 1. The number of hydrogen-bond acceptors (Lipinski definition) is 3. The summed E-state index contributed by atoms with van der Waals surface area (Å²) in [7, 11) is 0. The van der Waals surface area contributed by atoms with Crippen molar-refractivity contribution in [2.24, 2.45) is 0 Å². The predicted molar refractivity (Wildman–Crippen MR) is 54.0 cm³/mol. The fraction of sp³-hybridized carbons (Fsp3) is 0.700. The third-order valence-corrected chi connectivity index (χ3v) is 2.51. The summed E-state index contributed by atoms with van der Waals surface area (Å²) in [4.78, 5) is 0. The summed E-state index contributed by atoms with van der Waals surface area (Å²) in [5, 5.41) is 7.48. The molecular formula is C10H17N3O. The SMILES string of the molecule is CCn1cc(COC2CCNC2)cn1. The molecule has 0 bridgehead atoms. The van der Waals surface area contributed by atoms with Crippen molar-refractivity contribution in [1.29, 1.82) is 0 Å². The lowest BCUT2D eigenvalue weighted by Crippen LogP contribution is -2.16. The number of nitrogens with zero attached hydrogens (tertiary/aromatic N) is 2. The maximum absolute atomic E-state index is 5.73. The molecule has 14 heavy (non-hydrogen) atoms. The van der Waals surface area contributed by atoms with Gasteiger partial charge in [0.05, 0.1) is 18.9 Å². The topological polar surface area (TPSA) is 39.1 Å². The van der Waals surface area contributed by atoms with Gasteiger partial charge in [-0.3, -0.25) is 4.68 Å². The van der Waals surface area contributed by atoms with E-state index >= 15 is 0 Å². The van der Waals surface area contributed by atoms with Gasteiger partial charge in [-0.1, -0.05) is 0 Å². The van der Waals surface area contributed by atoms with Crippen molar-refractivity contribution in [3.63, 3.8) is 0 Å². The lowest BCUT2D eigenvalue weighted by molar-refractivity contribution is 0.0542. The van der Waals surface area contributed by atoms with E-state index in [-0.39, 0.29) is 0 Å². The van der Waals surface area contributed by atoms with E-state index in [2.05, 4.69) is 17.3 Å². The highest BCUT2D eigenvalue weighted by Gasteiger charge is 2.14. The molecule has 4 nitrogen and oxygen atoms in total. The Morgan fingerprint density at radius 2 is 2.64 bits per heavy atom. The van der Waals surface area contributed by atoms with E-state index in [1.165, 1.54) is 5.56 Å². The first kappa shape index (κ1) is 9.68. The van der Waals surface area contributed by atoms with Crippen molar-refractivity contribution in [3.05, 3.63) is 18.0 Å². The van der Waals surface area contributed by atoms with Crippen molar-refractivity contribution < 1.29 is 4.74 Å². The third kappa shape index (κ3) is 2.33. The van der Waals surface area contributed by atoms with Crippen LogP contribution < -0.4 is 5.32 Å². The largest absolute Gasteiger partial charge is 0.372 e. The quantitative estimate of drug-likeness (QED) is 0.771. The van der Waals surface area contributed by atoms with Gasteiger partial charge in [-0.2, -0.15) is 5.10 Å². The highest BCUT2D eigenvalue weighted by Crippen LogP contribution is 2.07. The molecule has 2 rings (SSSR count). The number of aromatic nitrogens is 2. The summed E-state index contributed by atoms with van der Waals surface area (Å²) >= 11 is 0. The van der Waals surface area contributed by atoms with Crippen LogP contribution in [0.25, 0.3) is 0 Å². The van der Waals surface area contributed by atoms with E-state index < -0.39 is 0 Å². The van der Waals surface area contributed by atoms with Gasteiger partial charge in [-0.15, -0.1) is 0 Å². The van der Waals surface area contributed by atoms with Gasteiger partial charge in [0.1, 0.15) is 0 Å².